The van der Waals surface area contributed by atoms with Crippen LogP contribution in [0.1, 0.15) is 28.7 Å². The van der Waals surface area contributed by atoms with E-state index in [1.807, 2.05) is 30.5 Å². The molecule has 0 aliphatic carbocycles. The normalized spacial score (nSPS) is 12.6. The second-order valence-electron chi connectivity index (χ2n) is 6.80. The molecule has 0 bridgehead atoms. The molecule has 6 nitrogen and oxygen atoms in total. The Morgan fingerprint density at radius 3 is 2.94 bits per heavy atom. The first kappa shape index (κ1) is 20.7. The zero-order valence-corrected chi connectivity index (χ0v) is 19.7. The van der Waals surface area contributed by atoms with Crippen LogP contribution in [-0.2, 0) is 12.2 Å². The van der Waals surface area contributed by atoms with E-state index in [9.17, 15) is 9.90 Å². The van der Waals surface area contributed by atoms with Gasteiger partial charge in [0.05, 0.1) is 14.8 Å². The summed E-state index contributed by atoms with van der Waals surface area (Å²) in [5, 5.41) is 21.8. The van der Waals surface area contributed by atoms with E-state index in [2.05, 4.69) is 33.6 Å². The van der Waals surface area contributed by atoms with Gasteiger partial charge in [-0.3, -0.25) is 4.79 Å². The molecule has 0 saturated heterocycles. The van der Waals surface area contributed by atoms with Crippen LogP contribution in [0.2, 0.25) is 0 Å². The van der Waals surface area contributed by atoms with Crippen LogP contribution in [0.5, 0.6) is 0 Å². The number of hydrogen-bond acceptors (Lipinski definition) is 9. The van der Waals surface area contributed by atoms with Gasteiger partial charge < -0.3 is 10.4 Å². The van der Waals surface area contributed by atoms with Crippen molar-refractivity contribution in [1.82, 2.24) is 14.6 Å². The van der Waals surface area contributed by atoms with Gasteiger partial charge in [-0.1, -0.05) is 30.4 Å². The summed E-state index contributed by atoms with van der Waals surface area (Å²) in [5.74, 6) is 0.625. The molecule has 5 rings (SSSR count). The summed E-state index contributed by atoms with van der Waals surface area (Å²) in [7, 11) is 0. The molecular formula is C21H18N4O2S4. The third-order valence-corrected chi connectivity index (χ3v) is 8.93. The molecule has 31 heavy (non-hydrogen) atoms. The maximum atomic E-state index is 12.3. The van der Waals surface area contributed by atoms with Gasteiger partial charge in [0.1, 0.15) is 5.01 Å². The van der Waals surface area contributed by atoms with E-state index in [0.29, 0.717) is 10.7 Å². The first-order valence-electron chi connectivity index (χ1n) is 9.62. The molecule has 158 valence electrons. The highest BCUT2D eigenvalue weighted by Gasteiger charge is 2.11. The van der Waals surface area contributed by atoms with Gasteiger partial charge in [0, 0.05) is 22.2 Å². The van der Waals surface area contributed by atoms with Gasteiger partial charge in [-0.2, -0.15) is 9.61 Å². The summed E-state index contributed by atoms with van der Waals surface area (Å²) in [6.07, 6.45) is 0.0759. The van der Waals surface area contributed by atoms with Gasteiger partial charge in [0.25, 0.3) is 5.56 Å². The van der Waals surface area contributed by atoms with Crippen molar-refractivity contribution in [2.75, 3.05) is 5.32 Å². The SMILES string of the molecule is CCc1nn2c(=O)cc(CSc3cc4ccc(NC(O)c5cccs5)cc4s3)nc2s1. The number of thioether (sulfide) groups is 1. The van der Waals surface area contributed by atoms with Gasteiger partial charge in [-0.25, -0.2) is 4.98 Å². The molecule has 10 heteroatoms. The Bertz CT molecular complexity index is 1400. The predicted octanol–water partition coefficient (Wildman–Crippen LogP) is 5.38. The number of thiophene rings is 2. The van der Waals surface area contributed by atoms with Gasteiger partial charge in [-0.05, 0) is 41.5 Å². The van der Waals surface area contributed by atoms with Crippen molar-refractivity contribution < 1.29 is 5.11 Å². The van der Waals surface area contributed by atoms with E-state index in [-0.39, 0.29) is 5.56 Å². The molecule has 0 fully saturated rings. The Morgan fingerprint density at radius 1 is 1.23 bits per heavy atom. The lowest BCUT2D eigenvalue weighted by atomic mass is 10.2. The Kier molecular flexibility index (Phi) is 5.81. The fourth-order valence-electron chi connectivity index (χ4n) is 3.10. The molecule has 1 atom stereocenters. The molecule has 0 aliphatic heterocycles. The van der Waals surface area contributed by atoms with Crippen LogP contribution in [0.4, 0.5) is 5.69 Å². The van der Waals surface area contributed by atoms with Crippen molar-refractivity contribution in [1.29, 1.82) is 0 Å². The van der Waals surface area contributed by atoms with Crippen LogP contribution < -0.4 is 10.9 Å². The molecular weight excluding hydrogens is 469 g/mol. The zero-order chi connectivity index (χ0) is 21.4. The number of benzene rings is 1. The fourth-order valence-corrected chi connectivity index (χ4v) is 6.78. The Balaban J connectivity index is 1.31. The minimum atomic E-state index is -0.716. The number of nitrogens with one attached hydrogen (secondary N) is 1. The van der Waals surface area contributed by atoms with Crippen LogP contribution in [0, 0.1) is 0 Å². The summed E-state index contributed by atoms with van der Waals surface area (Å²) in [6, 6.07) is 13.6. The largest absolute Gasteiger partial charge is 0.369 e. The number of fused-ring (bicyclic) bond motifs is 2. The number of aryl methyl sites for hydroxylation is 1. The molecule has 0 saturated carbocycles. The summed E-state index contributed by atoms with van der Waals surface area (Å²) in [6.45, 7) is 2.02. The number of anilines is 1. The molecule has 2 N–H and O–H groups in total. The molecule has 0 radical (unpaired) electrons. The number of hydrogen-bond donors (Lipinski definition) is 2. The third-order valence-electron chi connectivity index (χ3n) is 4.62. The summed E-state index contributed by atoms with van der Waals surface area (Å²) in [4.78, 5) is 18.5. The van der Waals surface area contributed by atoms with Crippen LogP contribution in [0.15, 0.2) is 56.8 Å². The monoisotopic (exact) mass is 486 g/mol. The van der Waals surface area contributed by atoms with Crippen molar-refractivity contribution in [3.8, 4) is 0 Å². The highest BCUT2D eigenvalue weighted by molar-refractivity contribution is 8.00. The van der Waals surface area contributed by atoms with Gasteiger partial charge in [0.2, 0.25) is 4.96 Å². The topological polar surface area (TPSA) is 79.5 Å². The van der Waals surface area contributed by atoms with E-state index in [1.165, 1.54) is 27.2 Å². The molecule has 0 spiro atoms. The first-order valence-corrected chi connectivity index (χ1v) is 13.1. The van der Waals surface area contributed by atoms with E-state index in [0.717, 1.165) is 42.0 Å². The average molecular weight is 487 g/mol. The summed E-state index contributed by atoms with van der Waals surface area (Å²) in [5.41, 5.74) is 1.51. The lowest BCUT2D eigenvalue weighted by molar-refractivity contribution is 0.212. The fraction of sp³-hybridized carbons (Fsp3) is 0.190. The zero-order valence-electron chi connectivity index (χ0n) is 16.4. The minimum absolute atomic E-state index is 0.132. The van der Waals surface area contributed by atoms with Crippen molar-refractivity contribution >= 4 is 66.5 Å². The molecule has 1 unspecified atom stereocenters. The smallest absolute Gasteiger partial charge is 0.275 e. The lowest BCUT2D eigenvalue weighted by Crippen LogP contribution is -2.15. The Morgan fingerprint density at radius 2 is 2.13 bits per heavy atom. The minimum Gasteiger partial charge on any atom is -0.369 e. The lowest BCUT2D eigenvalue weighted by Gasteiger charge is -2.12. The van der Waals surface area contributed by atoms with Gasteiger partial charge in [-0.15, -0.1) is 34.4 Å². The van der Waals surface area contributed by atoms with E-state index >= 15 is 0 Å². The maximum absolute atomic E-state index is 12.3. The number of aliphatic hydroxyl groups excluding tert-OH is 1. The number of aliphatic hydroxyl groups is 1. The quantitative estimate of drug-likeness (QED) is 0.237. The number of rotatable bonds is 7. The average Bonchev–Trinajstić information content (AvgIpc) is 3.50. The maximum Gasteiger partial charge on any atom is 0.275 e. The third kappa shape index (κ3) is 4.39. The Hall–Kier alpha value is -2.24. The second-order valence-corrected chi connectivity index (χ2v) is 11.2. The molecule has 5 aromatic rings. The second kappa shape index (κ2) is 8.71. The number of nitrogens with zero attached hydrogens (tertiary/aromatic N) is 3. The summed E-state index contributed by atoms with van der Waals surface area (Å²) < 4.78 is 3.69. The van der Waals surface area contributed by atoms with Gasteiger partial charge in [0.15, 0.2) is 6.23 Å². The number of aromatic nitrogens is 3. The van der Waals surface area contributed by atoms with Crippen molar-refractivity contribution in [3.05, 3.63) is 73.8 Å². The van der Waals surface area contributed by atoms with Crippen LogP contribution in [0.3, 0.4) is 0 Å². The van der Waals surface area contributed by atoms with E-state index < -0.39 is 6.23 Å². The van der Waals surface area contributed by atoms with Crippen molar-refractivity contribution in [2.24, 2.45) is 0 Å². The molecule has 1 aromatic carbocycles. The first-order chi connectivity index (χ1) is 15.1. The predicted molar refractivity (Wildman–Crippen MR) is 131 cm³/mol. The molecule has 0 amide bonds. The summed E-state index contributed by atoms with van der Waals surface area (Å²) >= 11 is 6.35. The van der Waals surface area contributed by atoms with Crippen LogP contribution in [0.25, 0.3) is 15.0 Å². The molecule has 4 aromatic heterocycles. The molecule has 0 aliphatic rings. The highest BCUT2D eigenvalue weighted by Crippen LogP contribution is 2.36. The van der Waals surface area contributed by atoms with Gasteiger partial charge >= 0.3 is 0 Å². The standard InChI is InChI=1S/C21H18N4O2S4/c1-2-17-24-25-18(26)10-14(23-21(25)31-17)11-29-19-8-12-5-6-13(9-16(12)30-19)22-20(27)15-4-3-7-28-15/h3-10,20,22,27H,2,11H2,1H3. The Labute approximate surface area is 194 Å². The van der Waals surface area contributed by atoms with Crippen molar-refractivity contribution in [3.63, 3.8) is 0 Å². The highest BCUT2D eigenvalue weighted by atomic mass is 32.2. The van der Waals surface area contributed by atoms with Crippen LogP contribution >= 0.6 is 45.8 Å². The van der Waals surface area contributed by atoms with E-state index in [1.54, 1.807) is 29.2 Å². The van der Waals surface area contributed by atoms with Crippen molar-refractivity contribution in [2.45, 2.75) is 29.5 Å². The van der Waals surface area contributed by atoms with Crippen LogP contribution in [-0.4, -0.2) is 19.7 Å². The molecule has 4 heterocycles. The van der Waals surface area contributed by atoms with E-state index in [4.69, 9.17) is 0 Å².